The number of rotatable bonds is 7. The monoisotopic (exact) mass is 623 g/mol. The molecule has 0 saturated carbocycles. The quantitative estimate of drug-likeness (QED) is 0.277. The van der Waals surface area contributed by atoms with Crippen molar-refractivity contribution in [3.8, 4) is 11.5 Å². The van der Waals surface area contributed by atoms with Crippen LogP contribution in [-0.4, -0.2) is 35.4 Å². The fraction of sp³-hybridized carbons (Fsp3) is 0.300. The summed E-state index contributed by atoms with van der Waals surface area (Å²) in [6.45, 7) is 8.10. The minimum absolute atomic E-state index is 0.195. The first-order valence-corrected chi connectivity index (χ1v) is 14.6. The highest BCUT2D eigenvalue weighted by atomic mass is 79.9. The maximum Gasteiger partial charge on any atom is 0.338 e. The molecule has 1 aliphatic heterocycles. The van der Waals surface area contributed by atoms with Crippen molar-refractivity contribution in [2.24, 2.45) is 12.0 Å². The first kappa shape index (κ1) is 27.9. The van der Waals surface area contributed by atoms with Gasteiger partial charge in [0.1, 0.15) is 0 Å². The van der Waals surface area contributed by atoms with E-state index in [-0.39, 0.29) is 12.2 Å². The molecule has 0 radical (unpaired) electrons. The maximum atomic E-state index is 14.2. The number of hydrogen-bond donors (Lipinski definition) is 0. The van der Waals surface area contributed by atoms with Gasteiger partial charge in [-0.15, -0.1) is 0 Å². The largest absolute Gasteiger partial charge is 0.493 e. The van der Waals surface area contributed by atoms with E-state index in [4.69, 9.17) is 19.2 Å². The first-order chi connectivity index (χ1) is 19.2. The van der Waals surface area contributed by atoms with Crippen LogP contribution in [0.5, 0.6) is 11.5 Å². The van der Waals surface area contributed by atoms with Gasteiger partial charge in [0.15, 0.2) is 16.3 Å². The summed E-state index contributed by atoms with van der Waals surface area (Å²) in [7, 11) is 3.57. The summed E-state index contributed by atoms with van der Waals surface area (Å²) in [6.07, 6.45) is 1.93. The highest BCUT2D eigenvalue weighted by Gasteiger charge is 2.35. The van der Waals surface area contributed by atoms with E-state index in [1.807, 2.05) is 39.1 Å². The van der Waals surface area contributed by atoms with Gasteiger partial charge < -0.3 is 18.8 Å². The number of ether oxygens (including phenoxy) is 3. The molecule has 3 heterocycles. The van der Waals surface area contributed by atoms with Crippen molar-refractivity contribution >= 4 is 50.2 Å². The molecule has 5 rings (SSSR count). The molecule has 0 amide bonds. The highest BCUT2D eigenvalue weighted by molar-refractivity contribution is 9.10. The molecule has 0 N–H and O–H groups in total. The molecule has 1 aliphatic rings. The zero-order valence-electron chi connectivity index (χ0n) is 23.2. The molecule has 2 aromatic heterocycles. The van der Waals surface area contributed by atoms with Crippen LogP contribution in [-0.2, 0) is 16.6 Å². The average Bonchev–Trinajstić information content (AvgIpc) is 3.36. The third-order valence-electron chi connectivity index (χ3n) is 7.12. The number of carbonyl (C=O) groups excluding carboxylic acids is 1. The number of fused-ring (bicyclic) bond motifs is 2. The lowest BCUT2D eigenvalue weighted by Crippen LogP contribution is -2.40. The molecule has 0 fully saturated rings. The van der Waals surface area contributed by atoms with Gasteiger partial charge >= 0.3 is 5.97 Å². The number of halogens is 1. The molecule has 2 aromatic carbocycles. The van der Waals surface area contributed by atoms with Crippen molar-refractivity contribution in [1.29, 1.82) is 0 Å². The van der Waals surface area contributed by atoms with Crippen LogP contribution in [0.15, 0.2) is 61.9 Å². The predicted molar refractivity (Wildman–Crippen MR) is 160 cm³/mol. The Bertz CT molecular complexity index is 1860. The minimum Gasteiger partial charge on any atom is -0.493 e. The summed E-state index contributed by atoms with van der Waals surface area (Å²) >= 11 is 4.97. The smallest absolute Gasteiger partial charge is 0.338 e. The molecule has 1 atom stereocenters. The Morgan fingerprint density at radius 2 is 1.90 bits per heavy atom. The molecular weight excluding hydrogens is 594 g/mol. The molecule has 0 bridgehead atoms. The number of methoxy groups -OCH3 is 1. The van der Waals surface area contributed by atoms with Crippen molar-refractivity contribution in [3.63, 3.8) is 0 Å². The lowest BCUT2D eigenvalue weighted by molar-refractivity contribution is -0.139. The van der Waals surface area contributed by atoms with Gasteiger partial charge in [-0.3, -0.25) is 9.36 Å². The zero-order valence-corrected chi connectivity index (χ0v) is 25.6. The number of allylic oxidation sites excluding steroid dienone is 1. The number of carbonyl (C=O) groups is 1. The normalized spacial score (nSPS) is 15.3. The van der Waals surface area contributed by atoms with Crippen molar-refractivity contribution < 1.29 is 19.0 Å². The molecule has 8 nitrogen and oxygen atoms in total. The number of nitrogens with zero attached hydrogens (tertiary/aromatic N) is 3. The number of para-hydroxylation sites is 1. The first-order valence-electron chi connectivity index (χ1n) is 13.0. The standard InChI is InChI=1S/C30H30BrN3O5S/c1-7-38-24-15-21(31)20(13-23(24)37-6)27-26(29(36)39-8-2)16(3)32-30-34(27)28(35)25(40-30)14-19-17(4)33(5)22-12-10-9-11-18(19)22/h9-15,27H,7-8H2,1-6H3/b25-14+/t27-/m0/s1. The van der Waals surface area contributed by atoms with Crippen molar-refractivity contribution in [2.45, 2.75) is 33.7 Å². The highest BCUT2D eigenvalue weighted by Crippen LogP contribution is 2.41. The van der Waals surface area contributed by atoms with E-state index in [1.54, 1.807) is 37.7 Å². The molecule has 208 valence electrons. The van der Waals surface area contributed by atoms with E-state index in [2.05, 4.69) is 32.6 Å². The van der Waals surface area contributed by atoms with Crippen molar-refractivity contribution in [1.82, 2.24) is 9.13 Å². The van der Waals surface area contributed by atoms with E-state index in [0.29, 0.717) is 48.7 Å². The summed E-state index contributed by atoms with van der Waals surface area (Å²) in [4.78, 5) is 32.7. The predicted octanol–water partition coefficient (Wildman–Crippen LogP) is 4.77. The molecule has 0 aliphatic carbocycles. The Hall–Kier alpha value is -3.63. The third-order valence-corrected chi connectivity index (χ3v) is 8.79. The number of aromatic nitrogens is 2. The van der Waals surface area contributed by atoms with Gasteiger partial charge in [-0.25, -0.2) is 9.79 Å². The van der Waals surface area contributed by atoms with Crippen LogP contribution >= 0.6 is 27.3 Å². The lowest BCUT2D eigenvalue weighted by atomic mass is 9.95. The van der Waals surface area contributed by atoms with Gasteiger partial charge in [0.05, 0.1) is 42.2 Å². The maximum absolute atomic E-state index is 14.2. The van der Waals surface area contributed by atoms with Gasteiger partial charge in [0, 0.05) is 33.7 Å². The summed E-state index contributed by atoms with van der Waals surface area (Å²) in [5.41, 5.74) is 4.33. The number of hydrogen-bond acceptors (Lipinski definition) is 7. The van der Waals surface area contributed by atoms with Crippen LogP contribution in [0, 0.1) is 6.92 Å². The Morgan fingerprint density at radius 1 is 1.15 bits per heavy atom. The Labute approximate surface area is 244 Å². The van der Waals surface area contributed by atoms with Crippen LogP contribution in [0.3, 0.4) is 0 Å². The Kier molecular flexibility index (Phi) is 7.74. The number of esters is 1. The average molecular weight is 625 g/mol. The van der Waals surface area contributed by atoms with Crippen LogP contribution in [0.2, 0.25) is 0 Å². The van der Waals surface area contributed by atoms with Crippen LogP contribution in [0.25, 0.3) is 17.0 Å². The fourth-order valence-corrected chi connectivity index (χ4v) is 6.70. The second-order valence-corrected chi connectivity index (χ2v) is 11.2. The minimum atomic E-state index is -0.787. The molecule has 0 spiro atoms. The summed E-state index contributed by atoms with van der Waals surface area (Å²) in [5.74, 6) is 0.525. The number of aryl methyl sites for hydroxylation is 1. The van der Waals surface area contributed by atoms with E-state index in [9.17, 15) is 9.59 Å². The van der Waals surface area contributed by atoms with E-state index < -0.39 is 12.0 Å². The van der Waals surface area contributed by atoms with Crippen molar-refractivity contribution in [3.05, 3.63) is 88.6 Å². The number of thiazole rings is 1. The van der Waals surface area contributed by atoms with Gasteiger partial charge in [-0.1, -0.05) is 45.5 Å². The second kappa shape index (κ2) is 11.1. The lowest BCUT2D eigenvalue weighted by Gasteiger charge is -2.26. The topological polar surface area (TPSA) is 84.1 Å². The Morgan fingerprint density at radius 3 is 2.60 bits per heavy atom. The van der Waals surface area contributed by atoms with Gasteiger partial charge in [0.2, 0.25) is 0 Å². The molecule has 0 saturated heterocycles. The summed E-state index contributed by atoms with van der Waals surface area (Å²) < 4.78 is 21.7. The van der Waals surface area contributed by atoms with Gasteiger partial charge in [-0.05, 0) is 57.5 Å². The SMILES string of the molecule is CCOC(=O)C1=C(C)N=c2s/c(=C/c3c(C)n(C)c4ccccc34)c(=O)n2[C@H]1c1cc(OC)c(OCC)cc1Br. The molecule has 4 aromatic rings. The summed E-state index contributed by atoms with van der Waals surface area (Å²) in [6, 6.07) is 10.9. The number of benzene rings is 2. The van der Waals surface area contributed by atoms with Gasteiger partial charge in [0.25, 0.3) is 5.56 Å². The van der Waals surface area contributed by atoms with Crippen LogP contribution < -0.4 is 24.4 Å². The Balaban J connectivity index is 1.79. The second-order valence-electron chi connectivity index (χ2n) is 9.34. The third kappa shape index (κ3) is 4.58. The van der Waals surface area contributed by atoms with Crippen LogP contribution in [0.4, 0.5) is 0 Å². The summed E-state index contributed by atoms with van der Waals surface area (Å²) in [5, 5.41) is 1.06. The van der Waals surface area contributed by atoms with E-state index in [0.717, 1.165) is 22.2 Å². The molecule has 10 heteroatoms. The van der Waals surface area contributed by atoms with Gasteiger partial charge in [-0.2, -0.15) is 0 Å². The molecule has 40 heavy (non-hydrogen) atoms. The van der Waals surface area contributed by atoms with E-state index in [1.165, 1.54) is 11.3 Å². The van der Waals surface area contributed by atoms with Crippen LogP contribution in [0.1, 0.15) is 43.6 Å². The molecule has 0 unspecified atom stereocenters. The van der Waals surface area contributed by atoms with Crippen molar-refractivity contribution in [2.75, 3.05) is 20.3 Å². The zero-order chi connectivity index (χ0) is 28.7. The van der Waals surface area contributed by atoms with E-state index >= 15 is 0 Å². The fourth-order valence-electron chi connectivity index (χ4n) is 5.14. The molecular formula is C30H30BrN3O5S.